The van der Waals surface area contributed by atoms with Crippen molar-refractivity contribution in [2.45, 2.75) is 32.6 Å². The number of nitrogens with zero attached hydrogens (tertiary/aromatic N) is 4. The van der Waals surface area contributed by atoms with Gasteiger partial charge in [0.05, 0.1) is 11.0 Å². The minimum absolute atomic E-state index is 0.103. The van der Waals surface area contributed by atoms with Crippen molar-refractivity contribution in [2.24, 2.45) is 5.92 Å². The molecule has 3 aromatic heterocycles. The van der Waals surface area contributed by atoms with Gasteiger partial charge in [-0.15, -0.1) is 0 Å². The smallest absolute Gasteiger partial charge is 0.164 e. The lowest BCUT2D eigenvalue weighted by atomic mass is 9.79. The van der Waals surface area contributed by atoms with Gasteiger partial charge in [-0.3, -0.25) is 0 Å². The van der Waals surface area contributed by atoms with Gasteiger partial charge >= 0.3 is 0 Å². The van der Waals surface area contributed by atoms with Gasteiger partial charge in [0.2, 0.25) is 0 Å². The van der Waals surface area contributed by atoms with E-state index in [1.165, 1.54) is 38.6 Å². The molecule has 3 heterocycles. The summed E-state index contributed by atoms with van der Waals surface area (Å²) < 4.78 is 8.78. The van der Waals surface area contributed by atoms with Crippen molar-refractivity contribution in [3.8, 4) is 51.0 Å². The number of hydrogen-bond donors (Lipinski definition) is 0. The Morgan fingerprint density at radius 2 is 1.18 bits per heavy atom. The minimum atomic E-state index is -0.103. The predicted octanol–water partition coefficient (Wildman–Crippen LogP) is 14.2. The highest BCUT2D eigenvalue weighted by Gasteiger charge is 2.39. The Labute approximate surface area is 348 Å². The van der Waals surface area contributed by atoms with Gasteiger partial charge in [0, 0.05) is 49.3 Å². The number of fused-ring (bicyclic) bond motifs is 8. The van der Waals surface area contributed by atoms with Gasteiger partial charge in [-0.05, 0) is 100 Å². The summed E-state index contributed by atoms with van der Waals surface area (Å²) in [6, 6.07) is 55.7. The maximum atomic E-state index is 6.33. The van der Waals surface area contributed by atoms with Crippen LogP contribution in [0.3, 0.4) is 0 Å². The molecule has 10 aromatic rings. The van der Waals surface area contributed by atoms with Gasteiger partial charge in [0.25, 0.3) is 0 Å². The van der Waals surface area contributed by atoms with E-state index in [0.717, 1.165) is 67.4 Å². The largest absolute Gasteiger partial charge is 0.456 e. The lowest BCUT2D eigenvalue weighted by Gasteiger charge is -2.25. The van der Waals surface area contributed by atoms with E-state index in [-0.39, 0.29) is 5.41 Å². The first-order valence-corrected chi connectivity index (χ1v) is 20.8. The van der Waals surface area contributed by atoms with Crippen LogP contribution in [0.5, 0.6) is 0 Å². The fourth-order valence-corrected chi connectivity index (χ4v) is 9.79. The quantitative estimate of drug-likeness (QED) is 0.175. The van der Waals surface area contributed by atoms with Gasteiger partial charge < -0.3 is 8.98 Å². The molecule has 5 nitrogen and oxygen atoms in total. The van der Waals surface area contributed by atoms with Crippen LogP contribution in [0.4, 0.5) is 0 Å². The second-order valence-electron chi connectivity index (χ2n) is 16.9. The Hall–Kier alpha value is -7.37. The molecule has 0 saturated heterocycles. The summed E-state index contributed by atoms with van der Waals surface area (Å²) in [5.74, 6) is 2.32. The molecule has 12 rings (SSSR count). The number of benzene rings is 7. The van der Waals surface area contributed by atoms with E-state index in [9.17, 15) is 0 Å². The molecule has 2 aliphatic carbocycles. The van der Waals surface area contributed by atoms with Crippen LogP contribution in [0.1, 0.15) is 38.3 Å². The lowest BCUT2D eigenvalue weighted by molar-refractivity contribution is 0.643. The van der Waals surface area contributed by atoms with Crippen LogP contribution in [0.25, 0.3) is 100 Å². The molecule has 60 heavy (non-hydrogen) atoms. The van der Waals surface area contributed by atoms with E-state index in [2.05, 4.69) is 159 Å². The van der Waals surface area contributed by atoms with Crippen molar-refractivity contribution in [2.75, 3.05) is 0 Å². The Kier molecular flexibility index (Phi) is 7.55. The van der Waals surface area contributed by atoms with Crippen LogP contribution in [0.15, 0.2) is 180 Å². The van der Waals surface area contributed by atoms with Gasteiger partial charge in [-0.25, -0.2) is 15.0 Å². The molecule has 7 aromatic carbocycles. The summed E-state index contributed by atoms with van der Waals surface area (Å²) in [7, 11) is 0. The fraction of sp³-hybridized carbons (Fsp3) is 0.109. The van der Waals surface area contributed by atoms with Gasteiger partial charge in [0.1, 0.15) is 11.2 Å². The number of allylic oxidation sites excluding steroid dienone is 4. The zero-order valence-electron chi connectivity index (χ0n) is 33.6. The molecule has 0 amide bonds. The van der Waals surface area contributed by atoms with Gasteiger partial charge in [0.15, 0.2) is 17.5 Å². The third kappa shape index (κ3) is 5.35. The first-order valence-electron chi connectivity index (χ1n) is 20.8. The molecule has 1 atom stereocenters. The summed E-state index contributed by atoms with van der Waals surface area (Å²) in [5.41, 5.74) is 15.6. The van der Waals surface area contributed by atoms with Crippen molar-refractivity contribution in [1.29, 1.82) is 0 Å². The maximum Gasteiger partial charge on any atom is 0.164 e. The zero-order chi connectivity index (χ0) is 40.1. The summed E-state index contributed by atoms with van der Waals surface area (Å²) in [5, 5.41) is 4.65. The molecule has 0 aliphatic heterocycles. The molecule has 1 unspecified atom stereocenters. The normalized spacial score (nSPS) is 15.7. The van der Waals surface area contributed by atoms with Crippen molar-refractivity contribution < 1.29 is 4.42 Å². The Bertz CT molecular complexity index is 3440. The van der Waals surface area contributed by atoms with Crippen molar-refractivity contribution in [3.63, 3.8) is 0 Å². The average molecular weight is 773 g/mol. The maximum absolute atomic E-state index is 6.33. The second kappa shape index (κ2) is 13.1. The molecule has 0 fully saturated rings. The van der Waals surface area contributed by atoms with Gasteiger partial charge in [-0.2, -0.15) is 0 Å². The summed E-state index contributed by atoms with van der Waals surface area (Å²) in [4.78, 5) is 15.6. The number of rotatable bonds is 5. The van der Waals surface area contributed by atoms with Crippen LogP contribution in [0.2, 0.25) is 0 Å². The van der Waals surface area contributed by atoms with E-state index >= 15 is 0 Å². The molecule has 0 saturated carbocycles. The second-order valence-corrected chi connectivity index (χ2v) is 16.9. The van der Waals surface area contributed by atoms with Crippen molar-refractivity contribution in [3.05, 3.63) is 187 Å². The highest BCUT2D eigenvalue weighted by atomic mass is 16.3. The molecular formula is C55H40N4O. The van der Waals surface area contributed by atoms with E-state index in [0.29, 0.717) is 23.4 Å². The number of para-hydroxylation sites is 2. The Balaban J connectivity index is 1.10. The first kappa shape index (κ1) is 34.7. The third-order valence-electron chi connectivity index (χ3n) is 12.8. The Morgan fingerprint density at radius 1 is 0.533 bits per heavy atom. The van der Waals surface area contributed by atoms with Crippen LogP contribution in [-0.4, -0.2) is 19.5 Å². The highest BCUT2D eigenvalue weighted by molar-refractivity contribution is 6.11. The standard InChI is InChI=1S/C55H40N4O/c1-33-22-25-46-43(26-33)44-31-45-40-18-10-12-20-48(40)59(49(45)32-47(44)55(46,2)3)39-28-37(34-14-6-4-7-15-34)27-38(29-39)54-57-52(35-16-8-5-9-17-35)56-53(58-54)36-23-24-42-41-19-11-13-21-50(41)60-51(42)30-36/h4-25,27-33H,26H2,1-3H3. The fourth-order valence-electron chi connectivity index (χ4n) is 9.79. The molecular weight excluding hydrogens is 733 g/mol. The molecule has 0 bridgehead atoms. The lowest BCUT2D eigenvalue weighted by Crippen LogP contribution is -2.17. The summed E-state index contributed by atoms with van der Waals surface area (Å²) in [6.45, 7) is 7.09. The van der Waals surface area contributed by atoms with Crippen LogP contribution >= 0.6 is 0 Å². The summed E-state index contributed by atoms with van der Waals surface area (Å²) in [6.07, 6.45) is 5.84. The topological polar surface area (TPSA) is 56.7 Å². The SMILES string of the molecule is CC1C=CC2=C(C1)c1cc3c4ccccc4n(-c4cc(-c5ccccc5)cc(-c5nc(-c6ccccc6)nc(-c6ccc7c(c6)oc6ccccc67)n5)c4)c3cc1C2(C)C. The van der Waals surface area contributed by atoms with Crippen LogP contribution < -0.4 is 0 Å². The number of aromatic nitrogens is 4. The van der Waals surface area contributed by atoms with Gasteiger partial charge in [-0.1, -0.05) is 136 Å². The Morgan fingerprint density at radius 3 is 1.98 bits per heavy atom. The zero-order valence-corrected chi connectivity index (χ0v) is 33.6. The summed E-state index contributed by atoms with van der Waals surface area (Å²) >= 11 is 0. The van der Waals surface area contributed by atoms with Crippen molar-refractivity contribution in [1.82, 2.24) is 19.5 Å². The van der Waals surface area contributed by atoms with E-state index in [4.69, 9.17) is 19.4 Å². The molecule has 0 spiro atoms. The molecule has 286 valence electrons. The third-order valence-corrected chi connectivity index (χ3v) is 12.8. The molecule has 2 aliphatic rings. The minimum Gasteiger partial charge on any atom is -0.456 e. The number of hydrogen-bond acceptors (Lipinski definition) is 4. The van der Waals surface area contributed by atoms with E-state index < -0.39 is 0 Å². The molecule has 0 radical (unpaired) electrons. The number of furan rings is 1. The average Bonchev–Trinajstić information content (AvgIpc) is 3.90. The molecule has 0 N–H and O–H groups in total. The van der Waals surface area contributed by atoms with Crippen LogP contribution in [-0.2, 0) is 5.41 Å². The predicted molar refractivity (Wildman–Crippen MR) is 246 cm³/mol. The highest BCUT2D eigenvalue weighted by Crippen LogP contribution is 2.52. The monoisotopic (exact) mass is 772 g/mol. The van der Waals surface area contributed by atoms with E-state index in [1.807, 2.05) is 36.4 Å². The van der Waals surface area contributed by atoms with Crippen LogP contribution in [0, 0.1) is 5.92 Å². The van der Waals surface area contributed by atoms with E-state index in [1.54, 1.807) is 0 Å². The molecule has 5 heteroatoms. The van der Waals surface area contributed by atoms with Crippen molar-refractivity contribution >= 4 is 49.3 Å². The first-order chi connectivity index (χ1) is 29.4.